The van der Waals surface area contributed by atoms with Crippen LogP contribution < -0.4 is 4.90 Å². The average molecular weight is 301 g/mol. The van der Waals surface area contributed by atoms with Crippen LogP contribution in [-0.2, 0) is 7.05 Å². The van der Waals surface area contributed by atoms with Crippen LogP contribution in [0.2, 0.25) is 0 Å². The Bertz CT molecular complexity index is 460. The number of piperidine rings is 1. The van der Waals surface area contributed by atoms with E-state index in [0.717, 1.165) is 19.6 Å². The third-order valence-corrected chi connectivity index (χ3v) is 4.83. The number of quaternary nitrogens is 1. The maximum Gasteiger partial charge on any atom is 0.395 e. The summed E-state index contributed by atoms with van der Waals surface area (Å²) in [5.74, 6) is 0.333. The number of hydrogen-bond donors (Lipinski definition) is 2. The Hall–Kier alpha value is -1.12. The maximum absolute atomic E-state index is 10.8. The molecule has 0 bridgehead atoms. The zero-order chi connectivity index (χ0) is 14.5. The van der Waals surface area contributed by atoms with Gasteiger partial charge in [0.2, 0.25) is 6.33 Å². The second kappa shape index (κ2) is 7.05. The Balaban J connectivity index is 1.85. The van der Waals surface area contributed by atoms with Gasteiger partial charge >= 0.3 is 5.82 Å². The van der Waals surface area contributed by atoms with Gasteiger partial charge in [-0.15, -0.1) is 0 Å². The third-order valence-electron chi connectivity index (χ3n) is 3.54. The number of imidazole rings is 1. The van der Waals surface area contributed by atoms with Crippen molar-refractivity contribution in [2.75, 3.05) is 25.4 Å². The number of likely N-dealkylation sites (tertiary alicyclic amines) is 1. The lowest BCUT2D eigenvalue weighted by Gasteiger charge is -2.25. The topological polar surface area (TPSA) is 85.6 Å². The van der Waals surface area contributed by atoms with Gasteiger partial charge in [-0.05, 0) is 29.2 Å². The van der Waals surface area contributed by atoms with Crippen LogP contribution in [0.1, 0.15) is 19.3 Å². The van der Waals surface area contributed by atoms with E-state index in [1.807, 2.05) is 0 Å². The van der Waals surface area contributed by atoms with Crippen LogP contribution in [0.5, 0.6) is 0 Å². The molecule has 2 rings (SSSR count). The highest BCUT2D eigenvalue weighted by atomic mass is 32.2. The van der Waals surface area contributed by atoms with Gasteiger partial charge < -0.3 is 24.7 Å². The molecule has 1 fully saturated rings. The fraction of sp³-hybridized carbons (Fsp3) is 0.750. The molecule has 2 heterocycles. The second-order valence-electron chi connectivity index (χ2n) is 5.22. The molecule has 0 aromatic carbocycles. The number of hydrogen-bond acceptors (Lipinski definition) is 5. The summed E-state index contributed by atoms with van der Waals surface area (Å²) < 4.78 is 1.63. The fourth-order valence-electron chi connectivity index (χ4n) is 2.52. The summed E-state index contributed by atoms with van der Waals surface area (Å²) in [5, 5.41) is 21.4. The van der Waals surface area contributed by atoms with E-state index in [9.17, 15) is 15.2 Å². The van der Waals surface area contributed by atoms with Gasteiger partial charge in [0.25, 0.3) is 0 Å². The molecule has 0 saturated carbocycles. The molecule has 1 aliphatic rings. The molecular weight excluding hydrogens is 280 g/mol. The van der Waals surface area contributed by atoms with Crippen molar-refractivity contribution < 1.29 is 14.9 Å². The molecule has 1 saturated heterocycles. The molecule has 8 heteroatoms. The number of nitrogens with zero attached hydrogens (tertiary/aromatic N) is 3. The van der Waals surface area contributed by atoms with Crippen LogP contribution >= 0.6 is 11.8 Å². The molecule has 1 aromatic heterocycles. The van der Waals surface area contributed by atoms with E-state index >= 15 is 0 Å². The first-order chi connectivity index (χ1) is 9.58. The standard InChI is InChI=1S/C12H20N4O3S/c1-14-9-13-11(16(18)19)12(14)20-8-10(17)7-15-5-3-2-4-6-15/h9-10,17H,2-8H2,1H3/p+1/t10-/m1/s1. The van der Waals surface area contributed by atoms with Gasteiger partial charge in [0.1, 0.15) is 12.6 Å². The second-order valence-corrected chi connectivity index (χ2v) is 6.23. The molecule has 112 valence electrons. The minimum atomic E-state index is -0.482. The lowest BCUT2D eigenvalue weighted by molar-refractivity contribution is -0.907. The summed E-state index contributed by atoms with van der Waals surface area (Å²) in [6, 6.07) is 0. The van der Waals surface area contributed by atoms with Crippen molar-refractivity contribution >= 4 is 17.6 Å². The van der Waals surface area contributed by atoms with Crippen molar-refractivity contribution in [1.29, 1.82) is 0 Å². The van der Waals surface area contributed by atoms with Gasteiger partial charge in [-0.1, -0.05) is 11.8 Å². The predicted octanol–water partition coefficient (Wildman–Crippen LogP) is -0.150. The van der Waals surface area contributed by atoms with Crippen molar-refractivity contribution in [3.05, 3.63) is 16.4 Å². The van der Waals surface area contributed by atoms with Gasteiger partial charge in [0, 0.05) is 12.8 Å². The zero-order valence-corrected chi connectivity index (χ0v) is 12.4. The fourth-order valence-corrected chi connectivity index (χ4v) is 3.50. The van der Waals surface area contributed by atoms with Crippen LogP contribution in [0.4, 0.5) is 5.82 Å². The van der Waals surface area contributed by atoms with Crippen LogP contribution in [0.15, 0.2) is 11.4 Å². The summed E-state index contributed by atoms with van der Waals surface area (Å²) in [6.07, 6.45) is 4.73. The van der Waals surface area contributed by atoms with Crippen molar-refractivity contribution in [1.82, 2.24) is 9.55 Å². The Morgan fingerprint density at radius 2 is 2.25 bits per heavy atom. The highest BCUT2D eigenvalue weighted by Crippen LogP contribution is 2.27. The van der Waals surface area contributed by atoms with E-state index in [4.69, 9.17) is 0 Å². The first kappa shape index (κ1) is 15.3. The lowest BCUT2D eigenvalue weighted by atomic mass is 10.1. The quantitative estimate of drug-likeness (QED) is 0.433. The molecular formula is C12H21N4O3S+. The highest BCUT2D eigenvalue weighted by molar-refractivity contribution is 7.99. The molecule has 0 spiro atoms. The van der Waals surface area contributed by atoms with E-state index < -0.39 is 11.0 Å². The first-order valence-electron chi connectivity index (χ1n) is 6.88. The number of aromatic nitrogens is 2. The number of aliphatic hydroxyl groups is 1. The molecule has 0 amide bonds. The van der Waals surface area contributed by atoms with E-state index in [1.165, 1.54) is 42.3 Å². The van der Waals surface area contributed by atoms with E-state index in [-0.39, 0.29) is 5.82 Å². The molecule has 0 aliphatic carbocycles. The minimum Gasteiger partial charge on any atom is -0.386 e. The third kappa shape index (κ3) is 3.94. The summed E-state index contributed by atoms with van der Waals surface area (Å²) in [6.45, 7) is 2.96. The van der Waals surface area contributed by atoms with Crippen LogP contribution in [0, 0.1) is 10.1 Å². The zero-order valence-electron chi connectivity index (χ0n) is 11.6. The van der Waals surface area contributed by atoms with Crippen molar-refractivity contribution in [2.24, 2.45) is 7.05 Å². The lowest BCUT2D eigenvalue weighted by Crippen LogP contribution is -3.13. The monoisotopic (exact) mass is 301 g/mol. The van der Waals surface area contributed by atoms with Crippen LogP contribution in [-0.4, -0.2) is 51.1 Å². The van der Waals surface area contributed by atoms with E-state index in [1.54, 1.807) is 11.6 Å². The number of thioether (sulfide) groups is 1. The number of aliphatic hydroxyl groups excluding tert-OH is 1. The van der Waals surface area contributed by atoms with Gasteiger partial charge in [-0.3, -0.25) is 0 Å². The molecule has 0 unspecified atom stereocenters. The summed E-state index contributed by atoms with van der Waals surface area (Å²) in [7, 11) is 1.73. The molecule has 7 nitrogen and oxygen atoms in total. The minimum absolute atomic E-state index is 0.130. The normalized spacial score (nSPS) is 18.1. The van der Waals surface area contributed by atoms with E-state index in [2.05, 4.69) is 4.98 Å². The number of nitro groups is 1. The smallest absolute Gasteiger partial charge is 0.386 e. The molecule has 2 N–H and O–H groups in total. The van der Waals surface area contributed by atoms with Crippen molar-refractivity contribution in [2.45, 2.75) is 30.4 Å². The number of rotatable bonds is 6. The van der Waals surface area contributed by atoms with Gasteiger partial charge in [-0.25, -0.2) is 0 Å². The summed E-state index contributed by atoms with van der Waals surface area (Å²) >= 11 is 1.30. The summed E-state index contributed by atoms with van der Waals surface area (Å²) in [5.41, 5.74) is 0. The van der Waals surface area contributed by atoms with E-state index in [0.29, 0.717) is 10.8 Å². The molecule has 1 aliphatic heterocycles. The number of nitrogens with one attached hydrogen (secondary N) is 1. The summed E-state index contributed by atoms with van der Waals surface area (Å²) in [4.78, 5) is 15.6. The largest absolute Gasteiger partial charge is 0.395 e. The number of aryl methyl sites for hydroxylation is 1. The molecule has 0 radical (unpaired) electrons. The van der Waals surface area contributed by atoms with Gasteiger partial charge in [0.15, 0.2) is 5.03 Å². The van der Waals surface area contributed by atoms with Gasteiger partial charge in [0.05, 0.1) is 13.1 Å². The average Bonchev–Trinajstić information content (AvgIpc) is 2.79. The Labute approximate surface area is 122 Å². The molecule has 1 atom stereocenters. The van der Waals surface area contributed by atoms with Crippen molar-refractivity contribution in [3.63, 3.8) is 0 Å². The van der Waals surface area contributed by atoms with Crippen molar-refractivity contribution in [3.8, 4) is 0 Å². The Kier molecular flexibility index (Phi) is 5.38. The SMILES string of the molecule is Cn1cnc([N+](=O)[O-])c1SC[C@H](O)C[NH+]1CCCCC1. The predicted molar refractivity (Wildman–Crippen MR) is 76.0 cm³/mol. The first-order valence-corrected chi connectivity index (χ1v) is 7.86. The Morgan fingerprint density at radius 3 is 2.90 bits per heavy atom. The maximum atomic E-state index is 10.8. The highest BCUT2D eigenvalue weighted by Gasteiger charge is 2.23. The Morgan fingerprint density at radius 1 is 1.55 bits per heavy atom. The van der Waals surface area contributed by atoms with Crippen LogP contribution in [0.3, 0.4) is 0 Å². The van der Waals surface area contributed by atoms with Crippen LogP contribution in [0.25, 0.3) is 0 Å². The molecule has 1 aromatic rings. The molecule has 20 heavy (non-hydrogen) atoms. The van der Waals surface area contributed by atoms with Gasteiger partial charge in [-0.2, -0.15) is 0 Å².